The van der Waals surface area contributed by atoms with E-state index in [1.807, 2.05) is 0 Å². The van der Waals surface area contributed by atoms with Crippen molar-refractivity contribution in [3.05, 3.63) is 0 Å². The molecule has 3 N–H and O–H groups in total. The number of quaternary nitrogens is 1. The maximum atomic E-state index is 8.68. The van der Waals surface area contributed by atoms with E-state index in [1.54, 1.807) is 0 Å². The van der Waals surface area contributed by atoms with E-state index >= 15 is 0 Å². The van der Waals surface area contributed by atoms with E-state index in [2.05, 4.69) is 21.1 Å². The molecule has 0 aliphatic heterocycles. The van der Waals surface area contributed by atoms with Gasteiger partial charge in [0.05, 0.1) is 27.7 Å². The van der Waals surface area contributed by atoms with Crippen molar-refractivity contribution in [2.45, 2.75) is 5.56 Å². The van der Waals surface area contributed by atoms with Crippen LogP contribution in [0, 0.1) is 0 Å². The van der Waals surface area contributed by atoms with Crippen LogP contribution in [0.5, 0.6) is 0 Å². The number of rotatable bonds is 4. The minimum atomic E-state index is -0.716. The molecule has 0 fully saturated rings. The molecule has 0 radical (unpaired) electrons. The Bertz CT molecular complexity index is 90.2. The number of hydrogen-bond donors (Lipinski definition) is 2. The zero-order chi connectivity index (χ0) is 8.20. The smallest absolute Gasteiger partial charge is 0.150 e. The van der Waals surface area contributed by atoms with Gasteiger partial charge in [-0.15, -0.1) is 11.8 Å². The van der Waals surface area contributed by atoms with E-state index in [1.165, 1.54) is 11.8 Å². The molecule has 0 spiro atoms. The Labute approximate surface area is 66.8 Å². The highest BCUT2D eigenvalue weighted by Crippen LogP contribution is 2.03. The topological polar surface area (TPSA) is 46.2 Å². The van der Waals surface area contributed by atoms with Crippen molar-refractivity contribution in [2.24, 2.45) is 5.73 Å². The second-order valence-corrected chi connectivity index (χ2v) is 4.50. The largest absolute Gasteiger partial charge is 0.369 e. The van der Waals surface area contributed by atoms with Crippen LogP contribution in [0.4, 0.5) is 0 Å². The lowest BCUT2D eigenvalue weighted by Gasteiger charge is -2.23. The van der Waals surface area contributed by atoms with E-state index in [9.17, 15) is 0 Å². The summed E-state index contributed by atoms with van der Waals surface area (Å²) in [7, 11) is 6.34. The molecule has 4 heteroatoms. The summed E-state index contributed by atoms with van der Waals surface area (Å²) < 4.78 is 0.916. The van der Waals surface area contributed by atoms with Gasteiger partial charge in [-0.1, -0.05) is 0 Å². The first-order chi connectivity index (χ1) is 4.42. The molecule has 10 heavy (non-hydrogen) atoms. The average molecular weight is 165 g/mol. The van der Waals surface area contributed by atoms with Crippen LogP contribution in [-0.2, 0) is 0 Å². The molecule has 0 aliphatic rings. The van der Waals surface area contributed by atoms with Crippen molar-refractivity contribution in [2.75, 3.05) is 33.4 Å². The Morgan fingerprint density at radius 2 is 2.00 bits per heavy atom. The fourth-order valence-electron chi connectivity index (χ4n) is 0.447. The molecular formula is C6H17N2OS+. The fraction of sp³-hybridized carbons (Fsp3) is 1.00. The van der Waals surface area contributed by atoms with Gasteiger partial charge in [0.2, 0.25) is 0 Å². The Morgan fingerprint density at radius 1 is 1.50 bits per heavy atom. The Morgan fingerprint density at radius 3 is 2.30 bits per heavy atom. The lowest BCUT2D eigenvalue weighted by atomic mass is 10.6. The number of thioether (sulfide) groups is 1. The summed E-state index contributed by atoms with van der Waals surface area (Å²) in [6.07, 6.45) is 0. The van der Waals surface area contributed by atoms with Crippen molar-refractivity contribution < 1.29 is 9.59 Å². The predicted molar refractivity (Wildman–Crippen MR) is 45.6 cm³/mol. The van der Waals surface area contributed by atoms with Gasteiger partial charge in [-0.3, -0.25) is 5.73 Å². The molecule has 1 unspecified atom stereocenters. The lowest BCUT2D eigenvalue weighted by Crippen LogP contribution is -2.37. The van der Waals surface area contributed by atoms with Crippen LogP contribution in [0.15, 0.2) is 0 Å². The quantitative estimate of drug-likeness (QED) is 0.442. The van der Waals surface area contributed by atoms with Crippen LogP contribution in [0.2, 0.25) is 0 Å². The Kier molecular flexibility index (Phi) is 4.28. The highest BCUT2D eigenvalue weighted by molar-refractivity contribution is 7.99. The minimum absolute atomic E-state index is 0.716. The van der Waals surface area contributed by atoms with E-state index in [-0.39, 0.29) is 0 Å². The number of aliphatic hydroxyl groups is 1. The molecule has 1 atom stereocenters. The lowest BCUT2D eigenvalue weighted by molar-refractivity contribution is -0.867. The zero-order valence-electron chi connectivity index (χ0n) is 6.87. The maximum Gasteiger partial charge on any atom is 0.150 e. The Hall–Kier alpha value is 0.230. The van der Waals surface area contributed by atoms with E-state index in [4.69, 9.17) is 10.8 Å². The molecule has 62 valence electrons. The fourth-order valence-corrected chi connectivity index (χ4v) is 1.34. The van der Waals surface area contributed by atoms with Crippen molar-refractivity contribution in [1.29, 1.82) is 0 Å². The first kappa shape index (κ1) is 10.2. The third kappa shape index (κ3) is 8.23. The summed E-state index contributed by atoms with van der Waals surface area (Å²) >= 11 is 1.38. The summed E-state index contributed by atoms with van der Waals surface area (Å²) in [5.41, 5.74) is 4.42. The van der Waals surface area contributed by atoms with Gasteiger partial charge < -0.3 is 9.59 Å². The molecule has 0 aromatic rings. The van der Waals surface area contributed by atoms with Crippen LogP contribution in [0.1, 0.15) is 0 Å². The normalized spacial score (nSPS) is 15.3. The first-order valence-corrected chi connectivity index (χ1v) is 4.32. The van der Waals surface area contributed by atoms with Crippen LogP contribution in [0.25, 0.3) is 0 Å². The van der Waals surface area contributed by atoms with Gasteiger partial charge >= 0.3 is 0 Å². The number of nitrogens with two attached hydrogens (primary N) is 1. The van der Waals surface area contributed by atoms with E-state index in [0.717, 1.165) is 16.8 Å². The second kappa shape index (κ2) is 4.18. The third-order valence-corrected chi connectivity index (χ3v) is 1.81. The Balaban J connectivity index is 3.21. The van der Waals surface area contributed by atoms with Gasteiger partial charge in [0, 0.05) is 5.75 Å². The van der Waals surface area contributed by atoms with Crippen LogP contribution < -0.4 is 5.73 Å². The summed E-state index contributed by atoms with van der Waals surface area (Å²) in [5, 5.41) is 8.68. The molecule has 0 aromatic heterocycles. The van der Waals surface area contributed by atoms with Crippen molar-refractivity contribution in [3.8, 4) is 0 Å². The number of nitrogens with zero attached hydrogens (tertiary/aromatic N) is 1. The molecule has 0 amide bonds. The first-order valence-electron chi connectivity index (χ1n) is 3.27. The highest BCUT2D eigenvalue weighted by atomic mass is 32.2. The van der Waals surface area contributed by atoms with Gasteiger partial charge in [0.15, 0.2) is 5.56 Å². The van der Waals surface area contributed by atoms with Gasteiger partial charge in [0.25, 0.3) is 0 Å². The van der Waals surface area contributed by atoms with Crippen LogP contribution in [0.3, 0.4) is 0 Å². The standard InChI is InChI=1S/C6H17N2OS/c1-8(2,3)4-5-10-6(7)9/h6,9H,4-5,7H2,1-3H3/q+1. The molecule has 0 saturated carbocycles. The van der Waals surface area contributed by atoms with Gasteiger partial charge in [-0.05, 0) is 0 Å². The monoisotopic (exact) mass is 165 g/mol. The second-order valence-electron chi connectivity index (χ2n) is 3.28. The minimum Gasteiger partial charge on any atom is -0.369 e. The molecule has 3 nitrogen and oxygen atoms in total. The zero-order valence-corrected chi connectivity index (χ0v) is 7.69. The van der Waals surface area contributed by atoms with Gasteiger partial charge in [-0.25, -0.2) is 0 Å². The summed E-state index contributed by atoms with van der Waals surface area (Å²) in [4.78, 5) is 0. The molecular weight excluding hydrogens is 148 g/mol. The third-order valence-electron chi connectivity index (χ3n) is 1.05. The van der Waals surface area contributed by atoms with Crippen LogP contribution >= 0.6 is 11.8 Å². The van der Waals surface area contributed by atoms with Crippen LogP contribution in [-0.4, -0.2) is 48.6 Å². The highest BCUT2D eigenvalue weighted by Gasteiger charge is 2.06. The molecule has 0 bridgehead atoms. The van der Waals surface area contributed by atoms with Crippen molar-refractivity contribution in [3.63, 3.8) is 0 Å². The molecule has 0 aliphatic carbocycles. The van der Waals surface area contributed by atoms with Crippen molar-refractivity contribution in [1.82, 2.24) is 0 Å². The SMILES string of the molecule is C[N+](C)(C)CCSC(N)O. The maximum absolute atomic E-state index is 8.68. The number of hydrogen-bond acceptors (Lipinski definition) is 3. The van der Waals surface area contributed by atoms with Gasteiger partial charge in [0.1, 0.15) is 0 Å². The van der Waals surface area contributed by atoms with E-state index in [0.29, 0.717) is 0 Å². The van der Waals surface area contributed by atoms with Gasteiger partial charge in [-0.2, -0.15) is 0 Å². The summed E-state index contributed by atoms with van der Waals surface area (Å²) in [6, 6.07) is 0. The number of aliphatic hydroxyl groups excluding tert-OH is 1. The predicted octanol–water partition coefficient (Wildman–Crippen LogP) is -0.340. The average Bonchev–Trinajstić information content (AvgIpc) is 1.59. The van der Waals surface area contributed by atoms with E-state index < -0.39 is 5.56 Å². The summed E-state index contributed by atoms with van der Waals surface area (Å²) in [6.45, 7) is 1.03. The molecule has 0 saturated heterocycles. The molecule has 0 aromatic carbocycles. The molecule has 0 rings (SSSR count). The summed E-state index contributed by atoms with van der Waals surface area (Å²) in [5.74, 6) is 0.904. The molecule has 0 heterocycles. The van der Waals surface area contributed by atoms with Crippen molar-refractivity contribution >= 4 is 11.8 Å².